The lowest BCUT2D eigenvalue weighted by atomic mass is 9.85. The van der Waals surface area contributed by atoms with Crippen molar-refractivity contribution in [2.24, 2.45) is 5.41 Å². The second kappa shape index (κ2) is 12.8. The molecule has 11 heteroatoms. The van der Waals surface area contributed by atoms with E-state index in [-0.39, 0.29) is 30.2 Å². The van der Waals surface area contributed by atoms with Gasteiger partial charge in [0.05, 0.1) is 19.3 Å². The number of anilines is 2. The van der Waals surface area contributed by atoms with Gasteiger partial charge in [-0.3, -0.25) is 24.1 Å². The maximum absolute atomic E-state index is 13.8. The van der Waals surface area contributed by atoms with E-state index < -0.39 is 47.2 Å². The van der Waals surface area contributed by atoms with E-state index in [0.29, 0.717) is 10.6 Å². The highest BCUT2D eigenvalue weighted by Crippen LogP contribution is 2.32. The van der Waals surface area contributed by atoms with Crippen LogP contribution >= 0.6 is 0 Å². The van der Waals surface area contributed by atoms with Crippen LogP contribution in [0.3, 0.4) is 0 Å². The fourth-order valence-electron chi connectivity index (χ4n) is 4.16. The first kappa shape index (κ1) is 31.0. The fourth-order valence-corrected chi connectivity index (χ4v) is 4.16. The second-order valence-electron chi connectivity index (χ2n) is 10.6. The third-order valence-electron chi connectivity index (χ3n) is 6.30. The van der Waals surface area contributed by atoms with E-state index in [1.165, 1.54) is 24.1 Å². The Balaban J connectivity index is 2.02. The number of ketones is 1. The zero-order valence-electron chi connectivity index (χ0n) is 24.1. The molecule has 0 aromatic heterocycles. The third kappa shape index (κ3) is 6.98. The van der Waals surface area contributed by atoms with Crippen LogP contribution < -0.4 is 15.4 Å². The highest BCUT2D eigenvalue weighted by molar-refractivity contribution is 6.19. The molecule has 3 rings (SSSR count). The highest BCUT2D eigenvalue weighted by atomic mass is 16.5. The van der Waals surface area contributed by atoms with Gasteiger partial charge in [-0.25, -0.2) is 9.69 Å². The van der Waals surface area contributed by atoms with E-state index in [1.54, 1.807) is 65.0 Å². The van der Waals surface area contributed by atoms with Gasteiger partial charge in [0.15, 0.2) is 11.8 Å². The Kier molecular flexibility index (Phi) is 9.67. The molecule has 0 aliphatic carbocycles. The van der Waals surface area contributed by atoms with Crippen LogP contribution in [0.1, 0.15) is 40.2 Å². The minimum absolute atomic E-state index is 0.0307. The molecule has 1 heterocycles. The number of Topliss-reactive ketones (excluding diaryl/α,β-unsaturated/α-hetero) is 1. The first-order valence-electron chi connectivity index (χ1n) is 13.1. The van der Waals surface area contributed by atoms with Gasteiger partial charge in [0.25, 0.3) is 17.7 Å². The lowest BCUT2D eigenvalue weighted by Crippen LogP contribution is -2.55. The molecule has 2 aromatic rings. The summed E-state index contributed by atoms with van der Waals surface area (Å²) in [5.41, 5.74) is 0.355. The molecular formula is C30H36N4O7. The van der Waals surface area contributed by atoms with Crippen molar-refractivity contribution < 1.29 is 33.4 Å². The summed E-state index contributed by atoms with van der Waals surface area (Å²) < 4.78 is 11.0. The van der Waals surface area contributed by atoms with Crippen LogP contribution in [0.5, 0.6) is 5.75 Å². The number of nitrogens with zero attached hydrogens (tertiary/aromatic N) is 2. The van der Waals surface area contributed by atoms with Crippen molar-refractivity contribution in [2.45, 2.75) is 53.4 Å². The molecule has 0 radical (unpaired) electrons. The number of carbonyl (C=O) groups excluding carboxylic acids is 5. The van der Waals surface area contributed by atoms with Gasteiger partial charge in [0.1, 0.15) is 5.75 Å². The molecule has 2 aromatic carbocycles. The summed E-state index contributed by atoms with van der Waals surface area (Å²) in [5, 5.41) is 5.27. The molecule has 0 saturated carbocycles. The van der Waals surface area contributed by atoms with Crippen molar-refractivity contribution in [1.29, 1.82) is 0 Å². The van der Waals surface area contributed by atoms with Crippen LogP contribution in [-0.4, -0.2) is 65.3 Å². The normalized spacial score (nSPS) is 15.9. The van der Waals surface area contributed by atoms with Crippen molar-refractivity contribution in [3.8, 4) is 5.75 Å². The zero-order chi connectivity index (χ0) is 30.5. The molecule has 0 bridgehead atoms. The molecule has 1 aliphatic rings. The number of rotatable bonds is 11. The average molecular weight is 565 g/mol. The summed E-state index contributed by atoms with van der Waals surface area (Å²) in [6, 6.07) is 10.9. The fraction of sp³-hybridized carbons (Fsp3) is 0.367. The summed E-state index contributed by atoms with van der Waals surface area (Å²) in [7, 11) is 1.39. The van der Waals surface area contributed by atoms with E-state index in [0.717, 1.165) is 5.56 Å². The van der Waals surface area contributed by atoms with Crippen molar-refractivity contribution in [3.05, 3.63) is 66.2 Å². The number of methoxy groups -OCH3 is 1. The molecule has 2 unspecified atom stereocenters. The largest absolute Gasteiger partial charge is 0.495 e. The molecule has 2 N–H and O–H groups in total. The molecule has 218 valence electrons. The van der Waals surface area contributed by atoms with Gasteiger partial charge in [-0.15, -0.1) is 0 Å². The molecule has 5 amide bonds. The number of carbonyl (C=O) groups is 5. The van der Waals surface area contributed by atoms with Crippen molar-refractivity contribution >= 4 is 40.9 Å². The van der Waals surface area contributed by atoms with E-state index in [9.17, 15) is 24.0 Å². The molecule has 1 aliphatic heterocycles. The number of ether oxygens (including phenoxy) is 2. The Bertz CT molecular complexity index is 1350. The van der Waals surface area contributed by atoms with Gasteiger partial charge >= 0.3 is 6.03 Å². The average Bonchev–Trinajstić information content (AvgIpc) is 3.13. The SMILES string of the molecule is C=C(C)C(=O)Nc1ccc(OC)c(NC(=O)C(C(=O)C(C)(C)C)N2C(=O)C(OCC)N(Cc3ccccc3)C2=O)c1. The van der Waals surface area contributed by atoms with Gasteiger partial charge in [-0.2, -0.15) is 0 Å². The van der Waals surface area contributed by atoms with Crippen molar-refractivity contribution in [1.82, 2.24) is 9.80 Å². The monoisotopic (exact) mass is 564 g/mol. The smallest absolute Gasteiger partial charge is 0.330 e. The van der Waals surface area contributed by atoms with Gasteiger partial charge in [-0.05, 0) is 37.6 Å². The molecule has 41 heavy (non-hydrogen) atoms. The van der Waals surface area contributed by atoms with Crippen molar-refractivity contribution in [3.63, 3.8) is 0 Å². The van der Waals surface area contributed by atoms with E-state index in [2.05, 4.69) is 17.2 Å². The lowest BCUT2D eigenvalue weighted by Gasteiger charge is -2.29. The quantitative estimate of drug-likeness (QED) is 0.240. The minimum Gasteiger partial charge on any atom is -0.495 e. The summed E-state index contributed by atoms with van der Waals surface area (Å²) >= 11 is 0. The molecule has 0 spiro atoms. The Morgan fingerprint density at radius 3 is 2.27 bits per heavy atom. The summed E-state index contributed by atoms with van der Waals surface area (Å²) in [5.74, 6) is -2.60. The van der Waals surface area contributed by atoms with Gasteiger partial charge in [-0.1, -0.05) is 57.7 Å². The number of nitrogens with one attached hydrogen (secondary N) is 2. The topological polar surface area (TPSA) is 134 Å². The molecular weight excluding hydrogens is 528 g/mol. The predicted molar refractivity (Wildman–Crippen MR) is 153 cm³/mol. The highest BCUT2D eigenvalue weighted by Gasteiger charge is 2.54. The minimum atomic E-state index is -1.81. The molecule has 1 saturated heterocycles. The number of urea groups is 1. The summed E-state index contributed by atoms with van der Waals surface area (Å²) in [4.78, 5) is 68.9. The first-order chi connectivity index (χ1) is 19.3. The van der Waals surface area contributed by atoms with E-state index in [1.807, 2.05) is 6.07 Å². The van der Waals surface area contributed by atoms with Crippen molar-refractivity contribution in [2.75, 3.05) is 24.4 Å². The predicted octanol–water partition coefficient (Wildman–Crippen LogP) is 3.96. The van der Waals surface area contributed by atoms with Crippen LogP contribution in [0, 0.1) is 5.41 Å². The molecule has 2 atom stereocenters. The van der Waals surface area contributed by atoms with E-state index in [4.69, 9.17) is 9.47 Å². The number of imide groups is 1. The Hall–Kier alpha value is -4.51. The Morgan fingerprint density at radius 1 is 1.05 bits per heavy atom. The maximum atomic E-state index is 13.8. The molecule has 11 nitrogen and oxygen atoms in total. The number of hydrogen-bond acceptors (Lipinski definition) is 7. The second-order valence-corrected chi connectivity index (χ2v) is 10.6. The lowest BCUT2D eigenvalue weighted by molar-refractivity contribution is -0.149. The zero-order valence-corrected chi connectivity index (χ0v) is 24.1. The van der Waals surface area contributed by atoms with Gasteiger partial charge in [0, 0.05) is 23.3 Å². The van der Waals surface area contributed by atoms with Gasteiger partial charge < -0.3 is 20.1 Å². The Labute approximate surface area is 239 Å². The number of hydrogen-bond donors (Lipinski definition) is 2. The number of amides is 5. The third-order valence-corrected chi connectivity index (χ3v) is 6.30. The number of benzene rings is 2. The first-order valence-corrected chi connectivity index (χ1v) is 13.1. The van der Waals surface area contributed by atoms with Crippen LogP contribution in [0.25, 0.3) is 0 Å². The Morgan fingerprint density at radius 2 is 1.71 bits per heavy atom. The van der Waals surface area contributed by atoms with Crippen LogP contribution in [0.2, 0.25) is 0 Å². The summed E-state index contributed by atoms with van der Waals surface area (Å²) in [6.07, 6.45) is -1.31. The van der Waals surface area contributed by atoms with E-state index >= 15 is 0 Å². The van der Waals surface area contributed by atoms with Gasteiger partial charge in [0.2, 0.25) is 6.23 Å². The standard InChI is InChI=1S/C30H36N4O7/c1-8-41-28-27(38)34(29(39)33(28)17-19-12-10-9-11-13-19)23(24(35)30(4,5)6)26(37)32-21-16-20(14-15-22(21)40-7)31-25(36)18(2)3/h9-16,23,28H,2,8,17H2,1,3-7H3,(H,31,36)(H,32,37). The van der Waals surface area contributed by atoms with Crippen LogP contribution in [0.4, 0.5) is 16.2 Å². The molecule has 1 fully saturated rings. The van der Waals surface area contributed by atoms with Crippen LogP contribution in [-0.2, 0) is 30.5 Å². The van der Waals surface area contributed by atoms with Crippen LogP contribution in [0.15, 0.2) is 60.7 Å². The maximum Gasteiger partial charge on any atom is 0.330 e. The summed E-state index contributed by atoms with van der Waals surface area (Å²) in [6.45, 7) is 11.8.